The standard InChI is InChI=1S/C16H35N.H2O4S/c1-3-5-6-7-8-9-10-11-12-13-15-16(17)14-4-2;1-5(2,3)4/h16H,3-15,17H2,1-2H3;(H2,1,2,3,4). The second kappa shape index (κ2) is 17.2. The smallest absolute Gasteiger partial charge is 0.328 e. The number of rotatable bonds is 13. The number of nitrogens with two attached hydrogens (primary N) is 1. The van der Waals surface area contributed by atoms with E-state index in [0.717, 1.165) is 0 Å². The Hall–Kier alpha value is -0.170. The van der Waals surface area contributed by atoms with Crippen LogP contribution < -0.4 is 5.73 Å². The minimum atomic E-state index is -4.67. The van der Waals surface area contributed by atoms with Gasteiger partial charge in [0, 0.05) is 6.04 Å². The fourth-order valence-corrected chi connectivity index (χ4v) is 2.41. The lowest BCUT2D eigenvalue weighted by molar-refractivity contribution is 0.381. The van der Waals surface area contributed by atoms with Crippen molar-refractivity contribution < 1.29 is 17.5 Å². The van der Waals surface area contributed by atoms with Gasteiger partial charge in [0.2, 0.25) is 0 Å². The summed E-state index contributed by atoms with van der Waals surface area (Å²) < 4.78 is 31.6. The molecule has 0 aliphatic carbocycles. The molecule has 1 atom stereocenters. The van der Waals surface area contributed by atoms with Gasteiger partial charge in [-0.05, 0) is 12.8 Å². The molecular weight excluding hydrogens is 302 g/mol. The minimum absolute atomic E-state index is 0.467. The summed E-state index contributed by atoms with van der Waals surface area (Å²) in [5.74, 6) is 0. The molecule has 22 heavy (non-hydrogen) atoms. The first-order chi connectivity index (χ1) is 10.3. The molecule has 0 rings (SSSR count). The van der Waals surface area contributed by atoms with Crippen LogP contribution >= 0.6 is 0 Å². The first-order valence-corrected chi connectivity index (χ1v) is 10.2. The number of hydrogen-bond acceptors (Lipinski definition) is 3. The summed E-state index contributed by atoms with van der Waals surface area (Å²) in [4.78, 5) is 0. The van der Waals surface area contributed by atoms with Gasteiger partial charge in [-0.1, -0.05) is 84.5 Å². The van der Waals surface area contributed by atoms with Gasteiger partial charge >= 0.3 is 10.4 Å². The van der Waals surface area contributed by atoms with Crippen molar-refractivity contribution in [2.24, 2.45) is 5.73 Å². The molecule has 0 aliphatic rings. The van der Waals surface area contributed by atoms with Crippen LogP contribution in [0.2, 0.25) is 0 Å². The second-order valence-corrected chi connectivity index (χ2v) is 6.86. The Bertz CT molecular complexity index is 299. The Morgan fingerprint density at radius 3 is 1.45 bits per heavy atom. The van der Waals surface area contributed by atoms with Crippen molar-refractivity contribution >= 4 is 10.4 Å². The van der Waals surface area contributed by atoms with Crippen LogP contribution in [0.5, 0.6) is 0 Å². The van der Waals surface area contributed by atoms with Crippen LogP contribution in [0.25, 0.3) is 0 Å². The molecule has 0 radical (unpaired) electrons. The first kappa shape index (κ1) is 24.1. The van der Waals surface area contributed by atoms with Gasteiger partial charge in [0.1, 0.15) is 0 Å². The van der Waals surface area contributed by atoms with E-state index in [2.05, 4.69) is 13.8 Å². The van der Waals surface area contributed by atoms with Gasteiger partial charge in [-0.3, -0.25) is 9.11 Å². The van der Waals surface area contributed by atoms with E-state index in [1.807, 2.05) is 0 Å². The molecular formula is C16H37NO4S. The third-order valence-corrected chi connectivity index (χ3v) is 3.59. The van der Waals surface area contributed by atoms with Gasteiger partial charge < -0.3 is 5.73 Å². The summed E-state index contributed by atoms with van der Waals surface area (Å²) >= 11 is 0. The van der Waals surface area contributed by atoms with Crippen LogP contribution in [0, 0.1) is 0 Å². The van der Waals surface area contributed by atoms with E-state index in [-0.39, 0.29) is 0 Å². The topological polar surface area (TPSA) is 101 Å². The number of hydrogen-bond donors (Lipinski definition) is 3. The van der Waals surface area contributed by atoms with Gasteiger partial charge in [-0.15, -0.1) is 0 Å². The normalized spacial score (nSPS) is 12.6. The van der Waals surface area contributed by atoms with Gasteiger partial charge in [0.15, 0.2) is 0 Å². The van der Waals surface area contributed by atoms with Gasteiger partial charge in [0.05, 0.1) is 0 Å². The lowest BCUT2D eigenvalue weighted by Crippen LogP contribution is -2.18. The van der Waals surface area contributed by atoms with Crippen LogP contribution in [0.4, 0.5) is 0 Å². The zero-order valence-electron chi connectivity index (χ0n) is 14.5. The molecule has 1 unspecified atom stereocenters. The fourth-order valence-electron chi connectivity index (χ4n) is 2.41. The minimum Gasteiger partial charge on any atom is -0.328 e. The molecule has 0 spiro atoms. The predicted octanol–water partition coefficient (Wildman–Crippen LogP) is 4.77. The summed E-state index contributed by atoms with van der Waals surface area (Å²) in [5, 5.41) is 0. The molecule has 0 bridgehead atoms. The molecule has 0 aliphatic heterocycles. The Morgan fingerprint density at radius 2 is 1.09 bits per heavy atom. The summed E-state index contributed by atoms with van der Waals surface area (Å²) in [6.07, 6.45) is 17.9. The maximum atomic E-state index is 8.74. The molecule has 6 heteroatoms. The first-order valence-electron chi connectivity index (χ1n) is 8.76. The Morgan fingerprint density at radius 1 is 0.727 bits per heavy atom. The Kier molecular flexibility index (Phi) is 18.8. The third-order valence-electron chi connectivity index (χ3n) is 3.59. The lowest BCUT2D eigenvalue weighted by atomic mass is 10.0. The van der Waals surface area contributed by atoms with E-state index in [0.29, 0.717) is 6.04 Å². The summed E-state index contributed by atoms with van der Waals surface area (Å²) in [6.45, 7) is 4.50. The van der Waals surface area contributed by atoms with Crippen molar-refractivity contribution in [1.82, 2.24) is 0 Å². The predicted molar refractivity (Wildman–Crippen MR) is 93.5 cm³/mol. The molecule has 0 aromatic rings. The molecule has 136 valence electrons. The maximum absolute atomic E-state index is 8.74. The zero-order chi connectivity index (χ0) is 17.3. The highest BCUT2D eigenvalue weighted by Crippen LogP contribution is 2.12. The molecule has 0 aromatic heterocycles. The van der Waals surface area contributed by atoms with Crippen molar-refractivity contribution in [3.05, 3.63) is 0 Å². The van der Waals surface area contributed by atoms with Crippen molar-refractivity contribution in [2.75, 3.05) is 0 Å². The monoisotopic (exact) mass is 339 g/mol. The summed E-state index contributed by atoms with van der Waals surface area (Å²) in [7, 11) is -4.67. The van der Waals surface area contributed by atoms with Crippen LogP contribution in [0.15, 0.2) is 0 Å². The number of unbranched alkanes of at least 4 members (excludes halogenated alkanes) is 9. The van der Waals surface area contributed by atoms with E-state index < -0.39 is 10.4 Å². The summed E-state index contributed by atoms with van der Waals surface area (Å²) in [6, 6.07) is 0.467. The van der Waals surface area contributed by atoms with E-state index in [1.165, 1.54) is 83.5 Å². The Labute approximate surface area is 137 Å². The highest BCUT2D eigenvalue weighted by molar-refractivity contribution is 7.79. The van der Waals surface area contributed by atoms with Crippen LogP contribution in [0.1, 0.15) is 97.3 Å². The van der Waals surface area contributed by atoms with Crippen LogP contribution in [-0.4, -0.2) is 23.6 Å². The van der Waals surface area contributed by atoms with Gasteiger partial charge in [-0.25, -0.2) is 0 Å². The lowest BCUT2D eigenvalue weighted by Gasteiger charge is -2.09. The quantitative estimate of drug-likeness (QED) is 0.331. The highest BCUT2D eigenvalue weighted by atomic mass is 32.3. The average molecular weight is 340 g/mol. The van der Waals surface area contributed by atoms with E-state index in [1.54, 1.807) is 0 Å². The van der Waals surface area contributed by atoms with E-state index in [9.17, 15) is 0 Å². The molecule has 0 fully saturated rings. The van der Waals surface area contributed by atoms with E-state index in [4.69, 9.17) is 23.3 Å². The molecule has 0 saturated heterocycles. The largest absolute Gasteiger partial charge is 0.394 e. The third kappa shape index (κ3) is 32.0. The Balaban J connectivity index is 0. The molecule has 5 nitrogen and oxygen atoms in total. The highest BCUT2D eigenvalue weighted by Gasteiger charge is 2.00. The maximum Gasteiger partial charge on any atom is 0.394 e. The van der Waals surface area contributed by atoms with Crippen LogP contribution in [0.3, 0.4) is 0 Å². The molecule has 0 saturated carbocycles. The van der Waals surface area contributed by atoms with Crippen molar-refractivity contribution in [1.29, 1.82) is 0 Å². The van der Waals surface area contributed by atoms with Crippen LogP contribution in [-0.2, 0) is 10.4 Å². The van der Waals surface area contributed by atoms with E-state index >= 15 is 0 Å². The summed E-state index contributed by atoms with van der Waals surface area (Å²) in [5.41, 5.74) is 5.99. The SMILES string of the molecule is CCCCCCCCCCCCC(N)CCC.O=S(=O)(O)O. The van der Waals surface area contributed by atoms with Gasteiger partial charge in [-0.2, -0.15) is 8.42 Å². The molecule has 0 aromatic carbocycles. The average Bonchev–Trinajstić information content (AvgIpc) is 2.39. The molecule has 0 amide bonds. The van der Waals surface area contributed by atoms with Crippen molar-refractivity contribution in [3.63, 3.8) is 0 Å². The second-order valence-electron chi connectivity index (χ2n) is 5.97. The molecule has 4 N–H and O–H groups in total. The molecule has 0 heterocycles. The van der Waals surface area contributed by atoms with Crippen molar-refractivity contribution in [2.45, 2.75) is 103 Å². The van der Waals surface area contributed by atoms with Gasteiger partial charge in [0.25, 0.3) is 0 Å². The fraction of sp³-hybridized carbons (Fsp3) is 1.00. The zero-order valence-corrected chi connectivity index (χ0v) is 15.3. The van der Waals surface area contributed by atoms with Crippen molar-refractivity contribution in [3.8, 4) is 0 Å².